The number of carbonyl (C=O) groups excluding carboxylic acids is 2. The molecule has 0 saturated heterocycles. The van der Waals surface area contributed by atoms with Gasteiger partial charge in [-0.15, -0.1) is 11.8 Å². The minimum Gasteiger partial charge on any atom is -0.491 e. The van der Waals surface area contributed by atoms with Crippen LogP contribution in [0.3, 0.4) is 0 Å². The van der Waals surface area contributed by atoms with Crippen LogP contribution in [0, 0.1) is 5.41 Å². The van der Waals surface area contributed by atoms with Gasteiger partial charge >= 0.3 is 12.1 Å². The van der Waals surface area contributed by atoms with Crippen molar-refractivity contribution >= 4 is 42.1 Å². The smallest absolute Gasteiger partial charge is 0.412 e. The van der Waals surface area contributed by atoms with Crippen LogP contribution in [0.1, 0.15) is 31.9 Å². The Hall–Kier alpha value is -2.36. The van der Waals surface area contributed by atoms with Crippen LogP contribution < -0.4 is 10.1 Å². The van der Waals surface area contributed by atoms with Crippen molar-refractivity contribution in [1.29, 1.82) is 0 Å². The van der Waals surface area contributed by atoms with E-state index >= 15 is 0 Å². The van der Waals surface area contributed by atoms with Crippen molar-refractivity contribution in [3.63, 3.8) is 0 Å². The monoisotopic (exact) mass is 493 g/mol. The second kappa shape index (κ2) is 13.4. The lowest BCUT2D eigenvalue weighted by atomic mass is 9.80. The molecule has 0 heterocycles. The molecule has 0 aliphatic heterocycles. The topological polar surface area (TPSA) is 94.1 Å². The van der Waals surface area contributed by atoms with E-state index in [0.29, 0.717) is 17.9 Å². The predicted octanol–water partition coefficient (Wildman–Crippen LogP) is 4.96. The van der Waals surface area contributed by atoms with Gasteiger partial charge in [-0.3, -0.25) is 10.1 Å². The zero-order chi connectivity index (χ0) is 24.3. The summed E-state index contributed by atoms with van der Waals surface area (Å²) in [6.07, 6.45) is 1.18. The summed E-state index contributed by atoms with van der Waals surface area (Å²) in [7, 11) is 0. The summed E-state index contributed by atoms with van der Waals surface area (Å²) in [5.41, 5.74) is 0.771. The first-order valence-corrected chi connectivity index (χ1v) is 12.4. The standard InChI is InChI=1S/C24H31NO6S2/c1-24(2,11-13-30-21(27)16-32)22(17-5-4-6-19(15-17)29-14-12-26)31-23(28)25-18-7-9-20(33-3)10-8-18/h4-10,15,22,26,32H,11-14,16H2,1-3H3,(H,25,28)/t22-/m0/s1. The van der Waals surface area contributed by atoms with E-state index in [4.69, 9.17) is 19.3 Å². The Morgan fingerprint density at radius 1 is 1.15 bits per heavy atom. The van der Waals surface area contributed by atoms with Gasteiger partial charge < -0.3 is 19.3 Å². The summed E-state index contributed by atoms with van der Waals surface area (Å²) in [5.74, 6) is 0.153. The summed E-state index contributed by atoms with van der Waals surface area (Å²) in [5, 5.41) is 11.8. The van der Waals surface area contributed by atoms with Gasteiger partial charge in [0.15, 0.2) is 0 Å². The third kappa shape index (κ3) is 8.83. The van der Waals surface area contributed by atoms with Crippen LogP contribution in [-0.4, -0.2) is 49.0 Å². The van der Waals surface area contributed by atoms with Gasteiger partial charge in [0.05, 0.1) is 19.0 Å². The number of rotatable bonds is 12. The Labute approximate surface area is 204 Å². The molecule has 0 saturated carbocycles. The lowest BCUT2D eigenvalue weighted by Crippen LogP contribution is -2.30. The number of hydrogen-bond acceptors (Lipinski definition) is 8. The van der Waals surface area contributed by atoms with E-state index in [1.54, 1.807) is 30.0 Å². The van der Waals surface area contributed by atoms with E-state index < -0.39 is 23.6 Å². The van der Waals surface area contributed by atoms with E-state index in [1.165, 1.54) is 0 Å². The van der Waals surface area contributed by atoms with Crippen LogP contribution in [-0.2, 0) is 14.3 Å². The predicted molar refractivity (Wildman–Crippen MR) is 133 cm³/mol. The fraction of sp³-hybridized carbons (Fsp3) is 0.417. The van der Waals surface area contributed by atoms with Crippen molar-refractivity contribution in [3.8, 4) is 5.75 Å². The number of thiol groups is 1. The molecule has 2 aromatic carbocycles. The molecule has 1 amide bonds. The molecule has 0 bridgehead atoms. The van der Waals surface area contributed by atoms with Crippen LogP contribution in [0.15, 0.2) is 53.4 Å². The molecular formula is C24H31NO6S2. The van der Waals surface area contributed by atoms with Crippen LogP contribution in [0.2, 0.25) is 0 Å². The van der Waals surface area contributed by atoms with Gasteiger partial charge in [0.25, 0.3) is 0 Å². The van der Waals surface area contributed by atoms with Crippen molar-refractivity contribution in [1.82, 2.24) is 0 Å². The van der Waals surface area contributed by atoms with Gasteiger partial charge in [-0.25, -0.2) is 4.79 Å². The normalized spacial score (nSPS) is 12.0. The maximum absolute atomic E-state index is 12.8. The molecule has 0 aliphatic rings. The first kappa shape index (κ1) is 26.9. The lowest BCUT2D eigenvalue weighted by molar-refractivity contribution is -0.141. The highest BCUT2D eigenvalue weighted by molar-refractivity contribution is 7.98. The molecular weight excluding hydrogens is 462 g/mol. The fourth-order valence-corrected chi connectivity index (χ4v) is 3.64. The highest BCUT2D eigenvalue weighted by Gasteiger charge is 2.35. The molecule has 7 nitrogen and oxygen atoms in total. The summed E-state index contributed by atoms with van der Waals surface area (Å²) in [4.78, 5) is 25.3. The quantitative estimate of drug-likeness (QED) is 0.219. The Kier molecular flexibility index (Phi) is 10.9. The number of thioether (sulfide) groups is 1. The van der Waals surface area contributed by atoms with Gasteiger partial charge in [-0.2, -0.15) is 12.6 Å². The Balaban J connectivity index is 2.21. The number of amides is 1. The molecule has 2 aromatic rings. The second-order valence-corrected chi connectivity index (χ2v) is 9.10. The second-order valence-electron chi connectivity index (χ2n) is 7.90. The van der Waals surface area contributed by atoms with Crippen molar-refractivity contribution in [2.75, 3.05) is 37.1 Å². The van der Waals surface area contributed by atoms with E-state index in [9.17, 15) is 9.59 Å². The van der Waals surface area contributed by atoms with Crippen molar-refractivity contribution in [2.24, 2.45) is 5.41 Å². The summed E-state index contributed by atoms with van der Waals surface area (Å²) in [6, 6.07) is 14.7. The fourth-order valence-electron chi connectivity index (χ4n) is 3.14. The van der Waals surface area contributed by atoms with Crippen molar-refractivity contribution in [2.45, 2.75) is 31.3 Å². The molecule has 2 rings (SSSR count). The highest BCUT2D eigenvalue weighted by Crippen LogP contribution is 2.40. The van der Waals surface area contributed by atoms with E-state index in [2.05, 4.69) is 17.9 Å². The zero-order valence-electron chi connectivity index (χ0n) is 19.1. The highest BCUT2D eigenvalue weighted by atomic mass is 32.2. The van der Waals surface area contributed by atoms with Crippen LogP contribution in [0.25, 0.3) is 0 Å². The Morgan fingerprint density at radius 3 is 2.52 bits per heavy atom. The largest absolute Gasteiger partial charge is 0.491 e. The van der Waals surface area contributed by atoms with Crippen molar-refractivity contribution in [3.05, 3.63) is 54.1 Å². The number of carbonyl (C=O) groups is 2. The molecule has 2 N–H and O–H groups in total. The number of aliphatic hydroxyl groups excluding tert-OH is 1. The average Bonchev–Trinajstić information content (AvgIpc) is 2.81. The van der Waals surface area contributed by atoms with Gasteiger partial charge in [0, 0.05) is 16.0 Å². The van der Waals surface area contributed by atoms with E-state index in [0.717, 1.165) is 10.5 Å². The summed E-state index contributed by atoms with van der Waals surface area (Å²) >= 11 is 5.53. The van der Waals surface area contributed by atoms with Crippen LogP contribution in [0.4, 0.5) is 10.5 Å². The Bertz CT molecular complexity index is 904. The lowest BCUT2D eigenvalue weighted by Gasteiger charge is -2.34. The maximum atomic E-state index is 12.8. The first-order valence-electron chi connectivity index (χ1n) is 10.5. The minimum absolute atomic E-state index is 0.00231. The maximum Gasteiger partial charge on any atom is 0.412 e. The van der Waals surface area contributed by atoms with Gasteiger partial charge in [0.2, 0.25) is 0 Å². The van der Waals surface area contributed by atoms with Crippen LogP contribution in [0.5, 0.6) is 5.75 Å². The molecule has 33 heavy (non-hydrogen) atoms. The van der Waals surface area contributed by atoms with E-state index in [-0.39, 0.29) is 25.6 Å². The molecule has 0 radical (unpaired) electrons. The molecule has 180 valence electrons. The van der Waals surface area contributed by atoms with Crippen LogP contribution >= 0.6 is 24.4 Å². The van der Waals surface area contributed by atoms with Crippen molar-refractivity contribution < 1.29 is 28.9 Å². The summed E-state index contributed by atoms with van der Waals surface area (Å²) in [6.45, 7) is 4.10. The average molecular weight is 494 g/mol. The van der Waals surface area contributed by atoms with E-state index in [1.807, 2.05) is 50.4 Å². The van der Waals surface area contributed by atoms with Gasteiger partial charge in [-0.05, 0) is 54.6 Å². The minimum atomic E-state index is -0.657. The number of aliphatic hydroxyl groups is 1. The Morgan fingerprint density at radius 2 is 1.88 bits per heavy atom. The molecule has 0 spiro atoms. The number of anilines is 1. The molecule has 1 atom stereocenters. The SMILES string of the molecule is CSc1ccc(NC(=O)O[C@@H](c2cccc(OCCO)c2)C(C)(C)CCOC(=O)CS)cc1. The molecule has 9 heteroatoms. The molecule has 0 aromatic heterocycles. The third-order valence-electron chi connectivity index (χ3n) is 4.93. The molecule has 0 unspecified atom stereocenters. The number of nitrogens with one attached hydrogen (secondary N) is 1. The number of hydrogen-bond donors (Lipinski definition) is 3. The number of ether oxygens (including phenoxy) is 3. The number of esters is 1. The first-order chi connectivity index (χ1) is 15.8. The summed E-state index contributed by atoms with van der Waals surface area (Å²) < 4.78 is 16.6. The number of benzene rings is 2. The van der Waals surface area contributed by atoms with Gasteiger partial charge in [0.1, 0.15) is 18.5 Å². The molecule has 0 aliphatic carbocycles. The third-order valence-corrected chi connectivity index (χ3v) is 5.93. The zero-order valence-corrected chi connectivity index (χ0v) is 20.8. The van der Waals surface area contributed by atoms with Gasteiger partial charge in [-0.1, -0.05) is 26.0 Å². The molecule has 0 fully saturated rings.